The summed E-state index contributed by atoms with van der Waals surface area (Å²) in [4.78, 5) is 12.9. The molecule has 156 valence electrons. The lowest BCUT2D eigenvalue weighted by molar-refractivity contribution is -0.154. The van der Waals surface area contributed by atoms with Crippen molar-refractivity contribution in [1.82, 2.24) is 20.1 Å². The Balaban J connectivity index is 1.55. The maximum atomic E-state index is 12.4. The number of hydrogen-bond donors (Lipinski definition) is 1. The van der Waals surface area contributed by atoms with Gasteiger partial charge in [-0.25, -0.2) is 4.98 Å². The molecule has 0 saturated carbocycles. The monoisotopic (exact) mass is 401 g/mol. The summed E-state index contributed by atoms with van der Waals surface area (Å²) in [5, 5.41) is 3.22. The lowest BCUT2D eigenvalue weighted by Gasteiger charge is -2.32. The standard InChI is InChI=1S/C18H26F3N5O2/c1-22-17(26-6-4-15(12-26)25-7-9-27-10-8-25)24-11-14-3-2-5-23-16(14)28-13-18(19,20)21/h2-3,5,15H,4,6-13H2,1H3,(H,22,24). The number of nitrogens with zero attached hydrogens (tertiary/aromatic N) is 4. The van der Waals surface area contributed by atoms with E-state index in [0.717, 1.165) is 51.8 Å². The second-order valence-electron chi connectivity index (χ2n) is 6.81. The van der Waals surface area contributed by atoms with E-state index in [1.54, 1.807) is 19.2 Å². The molecule has 3 heterocycles. The van der Waals surface area contributed by atoms with Crippen LogP contribution in [-0.2, 0) is 11.3 Å². The van der Waals surface area contributed by atoms with Crippen LogP contribution in [0.4, 0.5) is 13.2 Å². The summed E-state index contributed by atoms with van der Waals surface area (Å²) in [5.41, 5.74) is 0.553. The minimum absolute atomic E-state index is 0.0182. The van der Waals surface area contributed by atoms with E-state index in [1.165, 1.54) is 6.20 Å². The lowest BCUT2D eigenvalue weighted by Crippen LogP contribution is -2.46. The number of pyridine rings is 1. The van der Waals surface area contributed by atoms with E-state index in [-0.39, 0.29) is 12.4 Å². The maximum absolute atomic E-state index is 12.4. The predicted octanol–water partition coefficient (Wildman–Crippen LogP) is 1.50. The van der Waals surface area contributed by atoms with Crippen LogP contribution in [-0.4, -0.2) is 86.0 Å². The Morgan fingerprint density at radius 1 is 1.36 bits per heavy atom. The van der Waals surface area contributed by atoms with Gasteiger partial charge in [-0.1, -0.05) is 6.07 Å². The first-order valence-corrected chi connectivity index (χ1v) is 9.37. The summed E-state index contributed by atoms with van der Waals surface area (Å²) < 4.78 is 47.5. The van der Waals surface area contributed by atoms with Crippen LogP contribution in [0.2, 0.25) is 0 Å². The average Bonchev–Trinajstić information content (AvgIpc) is 3.18. The van der Waals surface area contributed by atoms with Crippen LogP contribution in [0.5, 0.6) is 5.88 Å². The molecule has 10 heteroatoms. The molecule has 0 aliphatic carbocycles. The predicted molar refractivity (Wildman–Crippen MR) is 98.4 cm³/mol. The van der Waals surface area contributed by atoms with Crippen LogP contribution in [0.15, 0.2) is 23.3 Å². The Bertz CT molecular complexity index is 665. The van der Waals surface area contributed by atoms with Gasteiger partial charge in [-0.15, -0.1) is 0 Å². The summed E-state index contributed by atoms with van der Waals surface area (Å²) in [5.74, 6) is 0.705. The van der Waals surface area contributed by atoms with Crippen molar-refractivity contribution < 1.29 is 22.6 Å². The Kier molecular flexibility index (Phi) is 6.95. The van der Waals surface area contributed by atoms with Crippen LogP contribution >= 0.6 is 0 Å². The fraction of sp³-hybridized carbons (Fsp3) is 0.667. The zero-order valence-electron chi connectivity index (χ0n) is 15.9. The van der Waals surface area contributed by atoms with E-state index < -0.39 is 12.8 Å². The third-order valence-corrected chi connectivity index (χ3v) is 4.90. The average molecular weight is 401 g/mol. The molecule has 1 aromatic heterocycles. The highest BCUT2D eigenvalue weighted by Gasteiger charge is 2.31. The quantitative estimate of drug-likeness (QED) is 0.596. The first-order valence-electron chi connectivity index (χ1n) is 9.37. The number of nitrogens with one attached hydrogen (secondary N) is 1. The summed E-state index contributed by atoms with van der Waals surface area (Å²) in [7, 11) is 1.70. The number of ether oxygens (including phenoxy) is 2. The van der Waals surface area contributed by atoms with Crippen LogP contribution < -0.4 is 10.1 Å². The topological polar surface area (TPSA) is 62.2 Å². The molecule has 2 saturated heterocycles. The van der Waals surface area contributed by atoms with Crippen LogP contribution in [0.25, 0.3) is 0 Å². The molecule has 1 N–H and O–H groups in total. The number of rotatable bonds is 5. The Morgan fingerprint density at radius 3 is 2.86 bits per heavy atom. The van der Waals surface area contributed by atoms with Crippen molar-refractivity contribution in [3.8, 4) is 5.88 Å². The van der Waals surface area contributed by atoms with Gasteiger partial charge >= 0.3 is 6.18 Å². The Morgan fingerprint density at radius 2 is 2.14 bits per heavy atom. The van der Waals surface area contributed by atoms with Gasteiger partial charge in [0, 0.05) is 57.6 Å². The van der Waals surface area contributed by atoms with Gasteiger partial charge in [0.25, 0.3) is 0 Å². The van der Waals surface area contributed by atoms with E-state index in [1.807, 2.05) is 0 Å². The Hall–Kier alpha value is -2.07. The van der Waals surface area contributed by atoms with E-state index >= 15 is 0 Å². The fourth-order valence-corrected chi connectivity index (χ4v) is 3.52. The molecule has 2 fully saturated rings. The van der Waals surface area contributed by atoms with Crippen LogP contribution in [0, 0.1) is 0 Å². The molecule has 0 spiro atoms. The van der Waals surface area contributed by atoms with Crippen molar-refractivity contribution in [3.05, 3.63) is 23.9 Å². The number of likely N-dealkylation sites (tertiary alicyclic amines) is 1. The molecule has 1 unspecified atom stereocenters. The van der Waals surface area contributed by atoms with Gasteiger partial charge in [-0.2, -0.15) is 13.2 Å². The molecule has 28 heavy (non-hydrogen) atoms. The first-order chi connectivity index (χ1) is 13.5. The maximum Gasteiger partial charge on any atom is 0.422 e. The molecule has 0 radical (unpaired) electrons. The number of aliphatic imine (C=N–C) groups is 1. The van der Waals surface area contributed by atoms with E-state index in [2.05, 4.69) is 25.1 Å². The van der Waals surface area contributed by atoms with Gasteiger partial charge in [0.2, 0.25) is 5.88 Å². The van der Waals surface area contributed by atoms with Crippen molar-refractivity contribution in [2.24, 2.45) is 4.99 Å². The highest BCUT2D eigenvalue weighted by molar-refractivity contribution is 5.80. The first kappa shape index (κ1) is 20.7. The molecule has 7 nitrogen and oxygen atoms in total. The number of guanidine groups is 1. The smallest absolute Gasteiger partial charge is 0.422 e. The summed E-state index contributed by atoms with van der Waals surface area (Å²) in [6, 6.07) is 3.83. The van der Waals surface area contributed by atoms with Gasteiger partial charge < -0.3 is 19.7 Å². The highest BCUT2D eigenvalue weighted by Crippen LogP contribution is 2.21. The second kappa shape index (κ2) is 9.42. The third kappa shape index (κ3) is 5.71. The second-order valence-corrected chi connectivity index (χ2v) is 6.81. The molecule has 2 aliphatic rings. The van der Waals surface area contributed by atoms with E-state index in [0.29, 0.717) is 11.6 Å². The number of aromatic nitrogens is 1. The van der Waals surface area contributed by atoms with Gasteiger partial charge in [0.1, 0.15) is 0 Å². The molecule has 0 amide bonds. The number of halogens is 3. The number of morpholine rings is 1. The zero-order chi connectivity index (χ0) is 20.0. The molecular weight excluding hydrogens is 375 g/mol. The summed E-state index contributed by atoms with van der Waals surface area (Å²) >= 11 is 0. The normalized spacial score (nSPS) is 21.8. The fourth-order valence-electron chi connectivity index (χ4n) is 3.52. The van der Waals surface area contributed by atoms with Crippen molar-refractivity contribution in [2.45, 2.75) is 25.2 Å². The van der Waals surface area contributed by atoms with E-state index in [9.17, 15) is 13.2 Å². The van der Waals surface area contributed by atoms with Gasteiger partial charge in [0.05, 0.1) is 13.2 Å². The highest BCUT2D eigenvalue weighted by atomic mass is 19.4. The lowest BCUT2D eigenvalue weighted by atomic mass is 10.2. The Labute approximate surface area is 162 Å². The molecule has 3 rings (SSSR count). The van der Waals surface area contributed by atoms with Gasteiger partial charge in [-0.05, 0) is 12.5 Å². The molecule has 2 aliphatic heterocycles. The van der Waals surface area contributed by atoms with E-state index in [4.69, 9.17) is 9.47 Å². The number of hydrogen-bond acceptors (Lipinski definition) is 5. The minimum atomic E-state index is -4.40. The van der Waals surface area contributed by atoms with Crippen molar-refractivity contribution >= 4 is 5.96 Å². The SMILES string of the molecule is CN=C(NCc1cccnc1OCC(F)(F)F)N1CCC(N2CCOCC2)C1. The van der Waals surface area contributed by atoms with Gasteiger partial charge in [-0.3, -0.25) is 9.89 Å². The largest absolute Gasteiger partial charge is 0.468 e. The van der Waals surface area contributed by atoms with Crippen LogP contribution in [0.1, 0.15) is 12.0 Å². The van der Waals surface area contributed by atoms with Crippen molar-refractivity contribution in [1.29, 1.82) is 0 Å². The minimum Gasteiger partial charge on any atom is -0.468 e. The molecule has 1 atom stereocenters. The van der Waals surface area contributed by atoms with Crippen LogP contribution in [0.3, 0.4) is 0 Å². The molecule has 0 aromatic carbocycles. The van der Waals surface area contributed by atoms with Crippen molar-refractivity contribution in [3.63, 3.8) is 0 Å². The van der Waals surface area contributed by atoms with Crippen molar-refractivity contribution in [2.75, 3.05) is 53.0 Å². The molecular formula is C18H26F3N5O2. The van der Waals surface area contributed by atoms with Gasteiger partial charge in [0.15, 0.2) is 12.6 Å². The third-order valence-electron chi connectivity index (χ3n) is 4.90. The zero-order valence-corrected chi connectivity index (χ0v) is 15.9. The summed E-state index contributed by atoms with van der Waals surface area (Å²) in [6.45, 7) is 4.10. The molecule has 0 bridgehead atoms. The number of alkyl halides is 3. The molecule has 1 aromatic rings. The summed E-state index contributed by atoms with van der Waals surface area (Å²) in [6.07, 6.45) is -1.94.